The molecule has 6 nitrogen and oxygen atoms in total. The summed E-state index contributed by atoms with van der Waals surface area (Å²) in [5.74, 6) is 0.907. The van der Waals surface area contributed by atoms with Gasteiger partial charge in [0.25, 0.3) is 5.89 Å². The topological polar surface area (TPSA) is 74.5 Å². The van der Waals surface area contributed by atoms with E-state index in [2.05, 4.69) is 16.7 Å². The number of nitrogens with zero attached hydrogens (tertiary/aromatic N) is 2. The lowest BCUT2D eigenvalue weighted by Gasteiger charge is -2.01. The first-order chi connectivity index (χ1) is 12.6. The number of ether oxygens (including phenoxy) is 2. The Labute approximate surface area is 155 Å². The fourth-order valence-corrected chi connectivity index (χ4v) is 2.04. The van der Waals surface area contributed by atoms with E-state index in [1.54, 1.807) is 14.0 Å². The number of carbonyl (C=O) groups is 1. The Morgan fingerprint density at radius 3 is 2.31 bits per heavy atom. The molecule has 0 aliphatic carbocycles. The highest BCUT2D eigenvalue weighted by atomic mass is 16.5. The van der Waals surface area contributed by atoms with Crippen LogP contribution in [-0.4, -0.2) is 36.4 Å². The molecule has 0 saturated heterocycles. The molecule has 0 bridgehead atoms. The zero-order chi connectivity index (χ0) is 19.2. The average molecular weight is 360 g/mol. The minimum absolute atomic E-state index is 0.336. The number of unbranched alkanes of at least 4 members (excludes halogenated alkanes) is 3. The van der Waals surface area contributed by atoms with Crippen LogP contribution in [0.1, 0.15) is 37.1 Å². The predicted octanol–water partition coefficient (Wildman–Crippen LogP) is 4.28. The van der Waals surface area contributed by atoms with Gasteiger partial charge in [-0.3, -0.25) is 0 Å². The number of aromatic nitrogens is 2. The lowest BCUT2D eigenvalue weighted by atomic mass is 10.1. The second-order valence-electron chi connectivity index (χ2n) is 5.79. The summed E-state index contributed by atoms with van der Waals surface area (Å²) in [6, 6.07) is 7.99. The summed E-state index contributed by atoms with van der Waals surface area (Å²) in [6.45, 7) is 8.47. The van der Waals surface area contributed by atoms with Crippen LogP contribution in [0.15, 0.2) is 41.4 Å². The standard InChI is InChI=1S/C10H10N2O.C10H18O3/c1-7-3-5-9(6-4-7)10-11-8(2)12-13-10;1-3-10(11)13-9-7-5-4-6-8-12-2/h3-6H,1-2H3;3H,1,4-9H2,2H3. The van der Waals surface area contributed by atoms with Crippen molar-refractivity contribution in [3.63, 3.8) is 0 Å². The molecule has 0 saturated carbocycles. The Morgan fingerprint density at radius 1 is 1.12 bits per heavy atom. The van der Waals surface area contributed by atoms with Crippen molar-refractivity contribution in [2.45, 2.75) is 39.5 Å². The van der Waals surface area contributed by atoms with Crippen LogP contribution in [0.5, 0.6) is 0 Å². The number of rotatable bonds is 9. The molecule has 2 aromatic rings. The fraction of sp³-hybridized carbons (Fsp3) is 0.450. The van der Waals surface area contributed by atoms with Gasteiger partial charge in [0, 0.05) is 25.4 Å². The van der Waals surface area contributed by atoms with Gasteiger partial charge < -0.3 is 14.0 Å². The number of hydrogen-bond donors (Lipinski definition) is 0. The van der Waals surface area contributed by atoms with E-state index in [-0.39, 0.29) is 5.97 Å². The summed E-state index contributed by atoms with van der Waals surface area (Å²) in [4.78, 5) is 14.7. The van der Waals surface area contributed by atoms with Crippen LogP contribution in [0.3, 0.4) is 0 Å². The molecule has 0 fully saturated rings. The molecule has 0 unspecified atom stereocenters. The molecule has 0 N–H and O–H groups in total. The molecule has 0 aliphatic rings. The molecule has 0 aliphatic heterocycles. The summed E-state index contributed by atoms with van der Waals surface area (Å²) in [5.41, 5.74) is 2.19. The van der Waals surface area contributed by atoms with Gasteiger partial charge in [0.15, 0.2) is 5.82 Å². The first-order valence-corrected chi connectivity index (χ1v) is 8.72. The molecule has 2 rings (SSSR count). The van der Waals surface area contributed by atoms with E-state index in [4.69, 9.17) is 14.0 Å². The van der Waals surface area contributed by atoms with Gasteiger partial charge in [0.05, 0.1) is 6.61 Å². The predicted molar refractivity (Wildman–Crippen MR) is 101 cm³/mol. The minimum Gasteiger partial charge on any atom is -0.463 e. The van der Waals surface area contributed by atoms with Crippen molar-refractivity contribution < 1.29 is 18.8 Å². The van der Waals surface area contributed by atoms with Crippen LogP contribution in [0.25, 0.3) is 11.5 Å². The third-order valence-electron chi connectivity index (χ3n) is 3.48. The molecule has 0 spiro atoms. The SMILES string of the molecule is C=CC(=O)OCCCCCCOC.Cc1ccc(-c2nc(C)no2)cc1. The molecule has 0 amide bonds. The van der Waals surface area contributed by atoms with Crippen LogP contribution < -0.4 is 0 Å². The molecule has 6 heteroatoms. The third-order valence-corrected chi connectivity index (χ3v) is 3.48. The van der Waals surface area contributed by atoms with Crippen LogP contribution in [-0.2, 0) is 14.3 Å². The normalized spacial score (nSPS) is 9.96. The maximum atomic E-state index is 10.6. The van der Waals surface area contributed by atoms with Crippen LogP contribution in [0.4, 0.5) is 0 Å². The smallest absolute Gasteiger partial charge is 0.330 e. The zero-order valence-corrected chi connectivity index (χ0v) is 15.9. The van der Waals surface area contributed by atoms with E-state index < -0.39 is 0 Å². The number of methoxy groups -OCH3 is 1. The first kappa shape index (κ1) is 21.6. The van der Waals surface area contributed by atoms with Crippen LogP contribution >= 0.6 is 0 Å². The van der Waals surface area contributed by atoms with Gasteiger partial charge >= 0.3 is 5.97 Å². The second kappa shape index (κ2) is 12.8. The molecule has 0 radical (unpaired) electrons. The van der Waals surface area contributed by atoms with Crippen LogP contribution in [0.2, 0.25) is 0 Å². The van der Waals surface area contributed by atoms with E-state index >= 15 is 0 Å². The van der Waals surface area contributed by atoms with Crippen molar-refractivity contribution in [2.75, 3.05) is 20.3 Å². The van der Waals surface area contributed by atoms with Crippen molar-refractivity contribution >= 4 is 5.97 Å². The third kappa shape index (κ3) is 9.13. The Balaban J connectivity index is 0.000000260. The number of hydrogen-bond acceptors (Lipinski definition) is 6. The van der Waals surface area contributed by atoms with Gasteiger partial charge in [-0.25, -0.2) is 4.79 Å². The van der Waals surface area contributed by atoms with E-state index in [1.807, 2.05) is 31.2 Å². The lowest BCUT2D eigenvalue weighted by Crippen LogP contribution is -2.01. The van der Waals surface area contributed by atoms with Gasteiger partial charge in [-0.2, -0.15) is 4.98 Å². The Morgan fingerprint density at radius 2 is 1.77 bits per heavy atom. The molecular formula is C20H28N2O4. The van der Waals surface area contributed by atoms with Crippen molar-refractivity contribution in [1.29, 1.82) is 0 Å². The van der Waals surface area contributed by atoms with E-state index in [0.717, 1.165) is 37.9 Å². The molecule has 26 heavy (non-hydrogen) atoms. The Kier molecular flexibility index (Phi) is 10.6. The fourth-order valence-electron chi connectivity index (χ4n) is 2.04. The molecule has 1 aromatic heterocycles. The summed E-state index contributed by atoms with van der Waals surface area (Å²) < 4.78 is 14.7. The molecule has 0 atom stereocenters. The second-order valence-corrected chi connectivity index (χ2v) is 5.79. The molecule has 1 aromatic carbocycles. The monoisotopic (exact) mass is 360 g/mol. The largest absolute Gasteiger partial charge is 0.463 e. The van der Waals surface area contributed by atoms with Crippen molar-refractivity contribution in [1.82, 2.24) is 10.1 Å². The average Bonchev–Trinajstić information content (AvgIpc) is 3.08. The van der Waals surface area contributed by atoms with Crippen LogP contribution in [0, 0.1) is 13.8 Å². The number of esters is 1. The number of aryl methyl sites for hydroxylation is 2. The lowest BCUT2D eigenvalue weighted by molar-refractivity contribution is -0.137. The Bertz CT molecular complexity index is 650. The van der Waals surface area contributed by atoms with Gasteiger partial charge in [-0.15, -0.1) is 0 Å². The van der Waals surface area contributed by atoms with Gasteiger partial charge in [-0.05, 0) is 45.2 Å². The van der Waals surface area contributed by atoms with E-state index in [9.17, 15) is 4.79 Å². The molecular weight excluding hydrogens is 332 g/mol. The van der Waals surface area contributed by atoms with E-state index in [0.29, 0.717) is 18.3 Å². The number of carbonyl (C=O) groups excluding carboxylic acids is 1. The highest BCUT2D eigenvalue weighted by Gasteiger charge is 2.04. The highest BCUT2D eigenvalue weighted by Crippen LogP contribution is 2.16. The Hall–Kier alpha value is -2.47. The van der Waals surface area contributed by atoms with Gasteiger partial charge in [0.2, 0.25) is 0 Å². The van der Waals surface area contributed by atoms with Crippen molar-refractivity contribution in [3.05, 3.63) is 48.3 Å². The molecule has 1 heterocycles. The number of benzene rings is 1. The summed E-state index contributed by atoms with van der Waals surface area (Å²) in [6.07, 6.45) is 5.38. The van der Waals surface area contributed by atoms with E-state index in [1.165, 1.54) is 11.6 Å². The quantitative estimate of drug-likeness (QED) is 0.377. The zero-order valence-electron chi connectivity index (χ0n) is 15.9. The summed E-state index contributed by atoms with van der Waals surface area (Å²) >= 11 is 0. The molecule has 142 valence electrons. The highest BCUT2D eigenvalue weighted by molar-refractivity contribution is 5.81. The minimum atomic E-state index is -0.336. The maximum absolute atomic E-state index is 10.6. The summed E-state index contributed by atoms with van der Waals surface area (Å²) in [5, 5.41) is 3.73. The van der Waals surface area contributed by atoms with Gasteiger partial charge in [0.1, 0.15) is 0 Å². The maximum Gasteiger partial charge on any atom is 0.330 e. The van der Waals surface area contributed by atoms with Gasteiger partial charge in [-0.1, -0.05) is 35.9 Å². The first-order valence-electron chi connectivity index (χ1n) is 8.72. The summed E-state index contributed by atoms with van der Waals surface area (Å²) in [7, 11) is 1.70. The van der Waals surface area contributed by atoms with Crippen molar-refractivity contribution in [3.8, 4) is 11.5 Å². The van der Waals surface area contributed by atoms with Crippen molar-refractivity contribution in [2.24, 2.45) is 0 Å².